The maximum absolute atomic E-state index is 2.45. The molecule has 1 heterocycles. The Bertz CT molecular complexity index is 589. The van der Waals surface area contributed by atoms with Crippen LogP contribution in [0.3, 0.4) is 0 Å². The largest absolute Gasteiger partial charge is 0.351 e. The zero-order chi connectivity index (χ0) is 15.6. The SMILES string of the molecule is CC(CCCN(C)C(C)(C)C)c1cccc2c1ccn2C. The van der Waals surface area contributed by atoms with E-state index in [2.05, 4.69) is 81.7 Å². The summed E-state index contributed by atoms with van der Waals surface area (Å²) < 4.78 is 2.21. The van der Waals surface area contributed by atoms with Crippen LogP contribution < -0.4 is 0 Å². The minimum Gasteiger partial charge on any atom is -0.351 e. The summed E-state index contributed by atoms with van der Waals surface area (Å²) in [5.41, 5.74) is 3.10. The highest BCUT2D eigenvalue weighted by atomic mass is 15.1. The molecule has 0 aliphatic rings. The van der Waals surface area contributed by atoms with Crippen LogP contribution in [0, 0.1) is 0 Å². The predicted molar refractivity (Wildman–Crippen MR) is 93.0 cm³/mol. The van der Waals surface area contributed by atoms with Crippen LogP contribution in [0.4, 0.5) is 0 Å². The molecule has 0 amide bonds. The van der Waals surface area contributed by atoms with Gasteiger partial charge in [0.05, 0.1) is 0 Å². The topological polar surface area (TPSA) is 8.17 Å². The normalized spacial score (nSPS) is 14.0. The monoisotopic (exact) mass is 286 g/mol. The molecule has 2 nitrogen and oxygen atoms in total. The molecule has 0 spiro atoms. The van der Waals surface area contributed by atoms with Crippen LogP contribution in [0.25, 0.3) is 10.9 Å². The van der Waals surface area contributed by atoms with E-state index < -0.39 is 0 Å². The molecule has 0 aliphatic heterocycles. The Balaban J connectivity index is 2.01. The van der Waals surface area contributed by atoms with Crippen molar-refractivity contribution in [1.29, 1.82) is 0 Å². The summed E-state index contributed by atoms with van der Waals surface area (Å²) in [7, 11) is 4.34. The summed E-state index contributed by atoms with van der Waals surface area (Å²) in [6.07, 6.45) is 4.65. The zero-order valence-corrected chi connectivity index (χ0v) is 14.5. The minimum absolute atomic E-state index is 0.267. The first-order valence-corrected chi connectivity index (χ1v) is 8.06. The first-order chi connectivity index (χ1) is 9.80. The molecule has 0 N–H and O–H groups in total. The van der Waals surface area contributed by atoms with Gasteiger partial charge in [-0.15, -0.1) is 0 Å². The summed E-state index contributed by atoms with van der Waals surface area (Å²) in [5, 5.41) is 1.41. The Morgan fingerprint density at radius 2 is 1.90 bits per heavy atom. The highest BCUT2D eigenvalue weighted by molar-refractivity contribution is 5.84. The highest BCUT2D eigenvalue weighted by Gasteiger charge is 2.17. The quantitative estimate of drug-likeness (QED) is 0.767. The number of benzene rings is 1. The van der Waals surface area contributed by atoms with Crippen molar-refractivity contribution >= 4 is 10.9 Å². The third-order valence-electron chi connectivity index (χ3n) is 4.77. The van der Waals surface area contributed by atoms with Gasteiger partial charge in [0.15, 0.2) is 0 Å². The molecule has 116 valence electrons. The molecule has 0 fully saturated rings. The van der Waals surface area contributed by atoms with E-state index in [4.69, 9.17) is 0 Å². The van der Waals surface area contributed by atoms with Gasteiger partial charge < -0.3 is 9.47 Å². The third-order valence-corrected chi connectivity index (χ3v) is 4.77. The van der Waals surface area contributed by atoms with Gasteiger partial charge in [-0.05, 0) is 70.8 Å². The summed E-state index contributed by atoms with van der Waals surface area (Å²) in [6, 6.07) is 8.94. The van der Waals surface area contributed by atoms with E-state index in [0.717, 1.165) is 0 Å². The zero-order valence-electron chi connectivity index (χ0n) is 14.5. The Kier molecular flexibility index (Phi) is 4.77. The molecule has 0 bridgehead atoms. The van der Waals surface area contributed by atoms with E-state index in [1.54, 1.807) is 0 Å². The first-order valence-electron chi connectivity index (χ1n) is 8.06. The summed E-state index contributed by atoms with van der Waals surface area (Å²) in [4.78, 5) is 2.45. The van der Waals surface area contributed by atoms with Crippen LogP contribution in [0.2, 0.25) is 0 Å². The standard InChI is InChI=1S/C19H30N2/c1-15(9-8-13-21(6)19(2,3)4)16-10-7-11-18-17(16)12-14-20(18)5/h7,10-12,14-15H,8-9,13H2,1-6H3. The van der Waals surface area contributed by atoms with Crippen LogP contribution in [-0.4, -0.2) is 28.6 Å². The van der Waals surface area contributed by atoms with E-state index in [0.29, 0.717) is 5.92 Å². The molecule has 1 atom stereocenters. The van der Waals surface area contributed by atoms with Crippen LogP contribution >= 0.6 is 0 Å². The maximum Gasteiger partial charge on any atom is 0.0480 e. The molecule has 2 aromatic rings. The maximum atomic E-state index is 2.45. The predicted octanol–water partition coefficient (Wildman–Crippen LogP) is 4.79. The molecule has 2 heteroatoms. The van der Waals surface area contributed by atoms with Gasteiger partial charge in [-0.1, -0.05) is 19.1 Å². The number of rotatable bonds is 5. The van der Waals surface area contributed by atoms with E-state index in [9.17, 15) is 0 Å². The Hall–Kier alpha value is -1.28. The molecule has 1 unspecified atom stereocenters. The van der Waals surface area contributed by atoms with Gasteiger partial charge in [0.25, 0.3) is 0 Å². The van der Waals surface area contributed by atoms with E-state index in [1.807, 2.05) is 0 Å². The van der Waals surface area contributed by atoms with Gasteiger partial charge in [0.2, 0.25) is 0 Å². The molecule has 0 radical (unpaired) electrons. The minimum atomic E-state index is 0.267. The lowest BCUT2D eigenvalue weighted by Crippen LogP contribution is -2.38. The summed E-state index contributed by atoms with van der Waals surface area (Å²) in [5.74, 6) is 0.615. The van der Waals surface area contributed by atoms with Crippen LogP contribution in [0.5, 0.6) is 0 Å². The lowest BCUT2D eigenvalue weighted by molar-refractivity contribution is 0.172. The molecule has 0 aliphatic carbocycles. The van der Waals surface area contributed by atoms with Crippen molar-refractivity contribution in [3.63, 3.8) is 0 Å². The van der Waals surface area contributed by atoms with Gasteiger partial charge in [-0.3, -0.25) is 0 Å². The molecule has 0 saturated carbocycles. The number of fused-ring (bicyclic) bond motifs is 1. The number of aryl methyl sites for hydroxylation is 1. The molecule has 1 aromatic heterocycles. The molecule has 0 saturated heterocycles. The van der Waals surface area contributed by atoms with Gasteiger partial charge in [0.1, 0.15) is 0 Å². The number of hydrogen-bond acceptors (Lipinski definition) is 1. The Morgan fingerprint density at radius 3 is 2.57 bits per heavy atom. The van der Waals surface area contributed by atoms with Crippen molar-refractivity contribution in [2.24, 2.45) is 7.05 Å². The van der Waals surface area contributed by atoms with Crippen LogP contribution in [0.15, 0.2) is 30.5 Å². The van der Waals surface area contributed by atoms with E-state index in [1.165, 1.54) is 35.9 Å². The summed E-state index contributed by atoms with van der Waals surface area (Å²) in [6.45, 7) is 10.4. The van der Waals surface area contributed by atoms with Gasteiger partial charge >= 0.3 is 0 Å². The summed E-state index contributed by atoms with van der Waals surface area (Å²) >= 11 is 0. The van der Waals surface area contributed by atoms with Gasteiger partial charge in [-0.25, -0.2) is 0 Å². The van der Waals surface area contributed by atoms with Crippen molar-refractivity contribution < 1.29 is 0 Å². The lowest BCUT2D eigenvalue weighted by atomic mass is 9.93. The van der Waals surface area contributed by atoms with Crippen LogP contribution in [0.1, 0.15) is 52.0 Å². The second kappa shape index (κ2) is 6.23. The third kappa shape index (κ3) is 3.68. The highest BCUT2D eigenvalue weighted by Crippen LogP contribution is 2.29. The van der Waals surface area contributed by atoms with Gasteiger partial charge in [0, 0.05) is 29.7 Å². The second-order valence-electron chi connectivity index (χ2n) is 7.34. The van der Waals surface area contributed by atoms with Crippen molar-refractivity contribution in [3.8, 4) is 0 Å². The number of hydrogen-bond donors (Lipinski definition) is 0. The van der Waals surface area contributed by atoms with E-state index >= 15 is 0 Å². The molecular formula is C19H30N2. The smallest absolute Gasteiger partial charge is 0.0480 e. The van der Waals surface area contributed by atoms with Crippen molar-refractivity contribution in [2.75, 3.05) is 13.6 Å². The van der Waals surface area contributed by atoms with Crippen molar-refractivity contribution in [1.82, 2.24) is 9.47 Å². The fourth-order valence-corrected chi connectivity index (χ4v) is 2.88. The molecular weight excluding hydrogens is 256 g/mol. The second-order valence-corrected chi connectivity index (χ2v) is 7.34. The van der Waals surface area contributed by atoms with Gasteiger partial charge in [-0.2, -0.15) is 0 Å². The average molecular weight is 286 g/mol. The fourth-order valence-electron chi connectivity index (χ4n) is 2.88. The van der Waals surface area contributed by atoms with Crippen LogP contribution in [-0.2, 0) is 7.05 Å². The van der Waals surface area contributed by atoms with Crippen molar-refractivity contribution in [3.05, 3.63) is 36.0 Å². The fraction of sp³-hybridized carbons (Fsp3) is 0.579. The lowest BCUT2D eigenvalue weighted by Gasteiger charge is -2.32. The Morgan fingerprint density at radius 1 is 1.19 bits per heavy atom. The molecule has 21 heavy (non-hydrogen) atoms. The van der Waals surface area contributed by atoms with E-state index in [-0.39, 0.29) is 5.54 Å². The number of nitrogens with zero attached hydrogens (tertiary/aromatic N) is 2. The average Bonchev–Trinajstić information content (AvgIpc) is 2.79. The first kappa shape index (κ1) is 16.1. The van der Waals surface area contributed by atoms with Crippen molar-refractivity contribution in [2.45, 2.75) is 52.0 Å². The molecule has 1 aromatic carbocycles. The number of aromatic nitrogens is 1. The Labute approximate surface area is 129 Å². The molecule has 2 rings (SSSR count).